The summed E-state index contributed by atoms with van der Waals surface area (Å²) in [7, 11) is 1.75. The highest BCUT2D eigenvalue weighted by Gasteiger charge is 2.22. The molecular weight excluding hydrogens is 250 g/mol. The Bertz CT molecular complexity index is 390. The quantitative estimate of drug-likeness (QED) is 0.667. The van der Waals surface area contributed by atoms with Crippen molar-refractivity contribution in [2.45, 2.75) is 38.6 Å². The maximum absolute atomic E-state index is 5.52. The third-order valence-corrected chi connectivity index (χ3v) is 3.85. The SMILES string of the molecule is CCOCCC(CNC1CC1)Cc1ccccc1OC. The Hall–Kier alpha value is -1.06. The Morgan fingerprint density at radius 3 is 2.80 bits per heavy atom. The Labute approximate surface area is 122 Å². The molecule has 112 valence electrons. The van der Waals surface area contributed by atoms with Crippen molar-refractivity contribution in [3.63, 3.8) is 0 Å². The highest BCUT2D eigenvalue weighted by Crippen LogP contribution is 2.24. The molecule has 0 bridgehead atoms. The van der Waals surface area contributed by atoms with Crippen LogP contribution in [0.5, 0.6) is 5.75 Å². The first-order valence-electron chi connectivity index (χ1n) is 7.76. The molecule has 1 N–H and O–H groups in total. The van der Waals surface area contributed by atoms with Gasteiger partial charge in [-0.2, -0.15) is 0 Å². The predicted molar refractivity (Wildman–Crippen MR) is 82.3 cm³/mol. The Morgan fingerprint density at radius 2 is 2.10 bits per heavy atom. The van der Waals surface area contributed by atoms with Gasteiger partial charge in [0.2, 0.25) is 0 Å². The van der Waals surface area contributed by atoms with Gasteiger partial charge >= 0.3 is 0 Å². The van der Waals surface area contributed by atoms with Gasteiger partial charge in [0.1, 0.15) is 5.75 Å². The topological polar surface area (TPSA) is 30.5 Å². The minimum Gasteiger partial charge on any atom is -0.496 e. The minimum atomic E-state index is 0.610. The molecule has 0 spiro atoms. The summed E-state index contributed by atoms with van der Waals surface area (Å²) in [5.41, 5.74) is 1.30. The van der Waals surface area contributed by atoms with Gasteiger partial charge in [-0.1, -0.05) is 18.2 Å². The summed E-state index contributed by atoms with van der Waals surface area (Å²) in [5.74, 6) is 1.61. The predicted octanol–water partition coefficient (Wildman–Crippen LogP) is 3.03. The summed E-state index contributed by atoms with van der Waals surface area (Å²) < 4.78 is 11.0. The molecule has 20 heavy (non-hydrogen) atoms. The van der Waals surface area contributed by atoms with Crippen LogP contribution < -0.4 is 10.1 Å². The van der Waals surface area contributed by atoms with Crippen molar-refractivity contribution in [2.75, 3.05) is 26.9 Å². The molecule has 1 aliphatic rings. The zero-order chi connectivity index (χ0) is 14.2. The number of ether oxygens (including phenoxy) is 2. The van der Waals surface area contributed by atoms with E-state index < -0.39 is 0 Å². The largest absolute Gasteiger partial charge is 0.496 e. The second kappa shape index (κ2) is 8.28. The number of hydrogen-bond donors (Lipinski definition) is 1. The van der Waals surface area contributed by atoms with Gasteiger partial charge in [0.25, 0.3) is 0 Å². The van der Waals surface area contributed by atoms with Gasteiger partial charge in [0.15, 0.2) is 0 Å². The first-order chi connectivity index (χ1) is 9.83. The summed E-state index contributed by atoms with van der Waals surface area (Å²) >= 11 is 0. The van der Waals surface area contributed by atoms with Crippen LogP contribution in [-0.4, -0.2) is 32.9 Å². The van der Waals surface area contributed by atoms with Gasteiger partial charge in [-0.15, -0.1) is 0 Å². The molecule has 1 aromatic rings. The summed E-state index contributed by atoms with van der Waals surface area (Å²) in [6.45, 7) is 4.79. The van der Waals surface area contributed by atoms with Crippen LogP contribution in [0.2, 0.25) is 0 Å². The lowest BCUT2D eigenvalue weighted by molar-refractivity contribution is 0.131. The van der Waals surface area contributed by atoms with Gasteiger partial charge in [-0.3, -0.25) is 0 Å². The Morgan fingerprint density at radius 1 is 1.30 bits per heavy atom. The molecule has 3 heteroatoms. The lowest BCUT2D eigenvalue weighted by Gasteiger charge is -2.19. The number of methoxy groups -OCH3 is 1. The van der Waals surface area contributed by atoms with Crippen molar-refractivity contribution >= 4 is 0 Å². The van der Waals surface area contributed by atoms with Crippen LogP contribution in [-0.2, 0) is 11.2 Å². The first kappa shape index (κ1) is 15.3. The molecule has 1 aromatic carbocycles. The molecule has 0 saturated heterocycles. The lowest BCUT2D eigenvalue weighted by Crippen LogP contribution is -2.27. The van der Waals surface area contributed by atoms with E-state index in [4.69, 9.17) is 9.47 Å². The molecule has 0 aliphatic heterocycles. The molecule has 1 unspecified atom stereocenters. The van der Waals surface area contributed by atoms with Gasteiger partial charge in [0.05, 0.1) is 7.11 Å². The molecule has 1 saturated carbocycles. The summed E-state index contributed by atoms with van der Waals surface area (Å²) in [6, 6.07) is 9.10. The van der Waals surface area contributed by atoms with Crippen LogP contribution in [0.4, 0.5) is 0 Å². The summed E-state index contributed by atoms with van der Waals surface area (Å²) in [6.07, 6.45) is 4.84. The van der Waals surface area contributed by atoms with E-state index in [9.17, 15) is 0 Å². The fourth-order valence-corrected chi connectivity index (χ4v) is 2.47. The molecule has 1 atom stereocenters. The number of para-hydroxylation sites is 1. The van der Waals surface area contributed by atoms with E-state index in [0.29, 0.717) is 5.92 Å². The molecule has 0 amide bonds. The fraction of sp³-hybridized carbons (Fsp3) is 0.647. The van der Waals surface area contributed by atoms with Crippen molar-refractivity contribution in [2.24, 2.45) is 5.92 Å². The van der Waals surface area contributed by atoms with E-state index in [1.807, 2.05) is 12.1 Å². The van der Waals surface area contributed by atoms with E-state index in [0.717, 1.165) is 44.4 Å². The number of hydrogen-bond acceptors (Lipinski definition) is 3. The number of nitrogens with one attached hydrogen (secondary N) is 1. The maximum atomic E-state index is 5.52. The van der Waals surface area contributed by atoms with E-state index >= 15 is 0 Å². The van der Waals surface area contributed by atoms with Crippen molar-refractivity contribution < 1.29 is 9.47 Å². The first-order valence-corrected chi connectivity index (χ1v) is 7.76. The fourth-order valence-electron chi connectivity index (χ4n) is 2.47. The third kappa shape index (κ3) is 5.14. The third-order valence-electron chi connectivity index (χ3n) is 3.85. The Kier molecular flexibility index (Phi) is 6.34. The molecule has 1 aliphatic carbocycles. The second-order valence-corrected chi connectivity index (χ2v) is 5.55. The number of rotatable bonds is 10. The standard InChI is InChI=1S/C17H27NO2/c1-3-20-11-10-14(13-18-16-8-9-16)12-15-6-4-5-7-17(15)19-2/h4-7,14,16,18H,3,8-13H2,1-2H3. The van der Waals surface area contributed by atoms with E-state index in [-0.39, 0.29) is 0 Å². The molecule has 1 fully saturated rings. The van der Waals surface area contributed by atoms with Crippen LogP contribution >= 0.6 is 0 Å². The molecular formula is C17H27NO2. The van der Waals surface area contributed by atoms with Crippen molar-refractivity contribution in [1.82, 2.24) is 5.32 Å². The van der Waals surface area contributed by atoms with Gasteiger partial charge in [0, 0.05) is 19.3 Å². The van der Waals surface area contributed by atoms with Gasteiger partial charge in [-0.05, 0) is 56.7 Å². The van der Waals surface area contributed by atoms with Crippen LogP contribution in [0, 0.1) is 5.92 Å². The smallest absolute Gasteiger partial charge is 0.122 e. The zero-order valence-corrected chi connectivity index (χ0v) is 12.7. The molecule has 0 aromatic heterocycles. The monoisotopic (exact) mass is 277 g/mol. The van der Waals surface area contributed by atoms with Crippen LogP contribution in [0.25, 0.3) is 0 Å². The van der Waals surface area contributed by atoms with Gasteiger partial charge < -0.3 is 14.8 Å². The zero-order valence-electron chi connectivity index (χ0n) is 12.7. The normalized spacial score (nSPS) is 16.1. The molecule has 0 radical (unpaired) electrons. The van der Waals surface area contributed by atoms with Crippen molar-refractivity contribution in [3.8, 4) is 5.75 Å². The average Bonchev–Trinajstić information content (AvgIpc) is 3.29. The van der Waals surface area contributed by atoms with Crippen molar-refractivity contribution in [1.29, 1.82) is 0 Å². The lowest BCUT2D eigenvalue weighted by atomic mass is 9.95. The summed E-state index contributed by atoms with van der Waals surface area (Å²) in [5, 5.41) is 3.64. The highest BCUT2D eigenvalue weighted by atomic mass is 16.5. The number of benzene rings is 1. The van der Waals surface area contributed by atoms with E-state index in [1.165, 1.54) is 18.4 Å². The molecule has 2 rings (SSSR count). The summed E-state index contributed by atoms with van der Waals surface area (Å²) in [4.78, 5) is 0. The average molecular weight is 277 g/mol. The molecule has 3 nitrogen and oxygen atoms in total. The van der Waals surface area contributed by atoms with Gasteiger partial charge in [-0.25, -0.2) is 0 Å². The minimum absolute atomic E-state index is 0.610. The Balaban J connectivity index is 1.89. The van der Waals surface area contributed by atoms with E-state index in [2.05, 4.69) is 24.4 Å². The maximum Gasteiger partial charge on any atom is 0.122 e. The molecule has 0 heterocycles. The van der Waals surface area contributed by atoms with Crippen LogP contribution in [0.1, 0.15) is 31.7 Å². The van der Waals surface area contributed by atoms with Crippen LogP contribution in [0.3, 0.4) is 0 Å². The van der Waals surface area contributed by atoms with Crippen LogP contribution in [0.15, 0.2) is 24.3 Å². The second-order valence-electron chi connectivity index (χ2n) is 5.55. The highest BCUT2D eigenvalue weighted by molar-refractivity contribution is 5.33. The van der Waals surface area contributed by atoms with Crippen molar-refractivity contribution in [3.05, 3.63) is 29.8 Å². The van der Waals surface area contributed by atoms with E-state index in [1.54, 1.807) is 7.11 Å².